The molecule has 7 nitrogen and oxygen atoms in total. The molecule has 1 N–H and O–H groups in total. The molecule has 0 fully saturated rings. The second-order valence-corrected chi connectivity index (χ2v) is 17.2. The summed E-state index contributed by atoms with van der Waals surface area (Å²) in [6.45, 7) is 15.6. The SMILES string of the molecule is CC(C)CCCCCCNC(=O)CCCCCN1/C(=C/C=C/C=C/C2=[N+](CCCS(=O)(=O)[O-])c3ccccc3C2(C)C)C(C)(C)c2ccccc21. The van der Waals surface area contributed by atoms with E-state index in [1.807, 2.05) is 12.1 Å². The first-order valence-electron chi connectivity index (χ1n) is 19.1. The Morgan fingerprint density at radius 1 is 0.843 bits per heavy atom. The summed E-state index contributed by atoms with van der Waals surface area (Å²) in [5, 5.41) is 3.11. The van der Waals surface area contributed by atoms with Gasteiger partial charge in [-0.2, -0.15) is 4.58 Å². The van der Waals surface area contributed by atoms with Crippen molar-refractivity contribution in [2.45, 2.75) is 117 Å². The van der Waals surface area contributed by atoms with Crippen LogP contribution in [0.25, 0.3) is 0 Å². The molecule has 2 aliphatic rings. The number of carbonyl (C=O) groups excluding carboxylic acids is 1. The van der Waals surface area contributed by atoms with Crippen LogP contribution in [0.3, 0.4) is 0 Å². The van der Waals surface area contributed by atoms with E-state index in [1.165, 1.54) is 48.2 Å². The normalized spacial score (nSPS) is 17.3. The number of allylic oxidation sites excluding steroid dienone is 6. The first-order chi connectivity index (χ1) is 24.2. The van der Waals surface area contributed by atoms with Crippen LogP contribution in [-0.2, 0) is 25.7 Å². The topological polar surface area (TPSA) is 92.6 Å². The van der Waals surface area contributed by atoms with Crippen molar-refractivity contribution in [1.29, 1.82) is 0 Å². The zero-order valence-electron chi connectivity index (χ0n) is 31.9. The molecule has 0 saturated carbocycles. The van der Waals surface area contributed by atoms with Crippen LogP contribution in [0.2, 0.25) is 0 Å². The third-order valence-corrected chi connectivity index (χ3v) is 11.2. The molecule has 4 rings (SSSR count). The monoisotopic (exact) mass is 715 g/mol. The average Bonchev–Trinajstić information content (AvgIpc) is 3.42. The maximum Gasteiger partial charge on any atom is 0.219 e. The van der Waals surface area contributed by atoms with Crippen LogP contribution in [0, 0.1) is 5.92 Å². The summed E-state index contributed by atoms with van der Waals surface area (Å²) in [6, 6.07) is 16.9. The quantitative estimate of drug-likeness (QED) is 0.0639. The molecule has 0 spiro atoms. The van der Waals surface area contributed by atoms with Crippen LogP contribution in [0.1, 0.15) is 117 Å². The standard InChI is InChI=1S/C43H61N3O4S/c1-34(2)22-11-7-8-19-30-44-41(47)29-14-10-20-31-45-37-25-17-15-23-35(37)42(3,4)39(45)27-12-9-13-28-40-43(5,6)36-24-16-18-26-38(36)46(40)32-21-33-51(48,49)50/h9,12-13,15-18,23-28,34H,7-8,10-11,14,19-22,29-33H2,1-6H3,(H-,44,47,48,49,50). The number of benzene rings is 2. The van der Waals surface area contributed by atoms with Crippen LogP contribution >= 0.6 is 0 Å². The highest BCUT2D eigenvalue weighted by atomic mass is 32.2. The highest BCUT2D eigenvalue weighted by molar-refractivity contribution is 7.85. The summed E-state index contributed by atoms with van der Waals surface area (Å²) in [7, 11) is -4.27. The molecule has 0 aliphatic carbocycles. The Bertz CT molecular complexity index is 1720. The molecular formula is C43H61N3O4S. The Morgan fingerprint density at radius 2 is 1.53 bits per heavy atom. The van der Waals surface area contributed by atoms with Crippen molar-refractivity contribution in [2.75, 3.05) is 30.3 Å². The maximum atomic E-state index is 12.4. The van der Waals surface area contributed by atoms with Gasteiger partial charge >= 0.3 is 0 Å². The van der Waals surface area contributed by atoms with E-state index in [0.29, 0.717) is 13.0 Å². The molecule has 1 amide bonds. The molecule has 2 heterocycles. The van der Waals surface area contributed by atoms with Gasteiger partial charge in [-0.1, -0.05) is 114 Å². The van der Waals surface area contributed by atoms with E-state index in [9.17, 15) is 17.8 Å². The Labute approximate surface area is 308 Å². The van der Waals surface area contributed by atoms with Gasteiger partial charge in [0, 0.05) is 66.2 Å². The minimum absolute atomic E-state index is 0.151. The highest BCUT2D eigenvalue weighted by Gasteiger charge is 2.44. The van der Waals surface area contributed by atoms with Crippen molar-refractivity contribution in [3.05, 3.63) is 95.7 Å². The number of fused-ring (bicyclic) bond motifs is 2. The van der Waals surface area contributed by atoms with Crippen molar-refractivity contribution in [3.63, 3.8) is 0 Å². The van der Waals surface area contributed by atoms with Gasteiger partial charge in [0.15, 0.2) is 5.71 Å². The molecule has 2 aromatic rings. The number of hydrogen-bond donors (Lipinski definition) is 1. The number of para-hydroxylation sites is 2. The van der Waals surface area contributed by atoms with E-state index in [2.05, 4.69) is 123 Å². The predicted molar refractivity (Wildman–Crippen MR) is 211 cm³/mol. The van der Waals surface area contributed by atoms with Crippen molar-refractivity contribution in [2.24, 2.45) is 5.92 Å². The minimum Gasteiger partial charge on any atom is -0.748 e. The molecule has 0 aromatic heterocycles. The molecule has 8 heteroatoms. The van der Waals surface area contributed by atoms with Crippen molar-refractivity contribution < 1.29 is 22.3 Å². The van der Waals surface area contributed by atoms with Gasteiger partial charge < -0.3 is 14.8 Å². The van der Waals surface area contributed by atoms with Gasteiger partial charge in [-0.15, -0.1) is 0 Å². The fourth-order valence-corrected chi connectivity index (χ4v) is 8.08. The number of unbranched alkanes of at least 4 members (excludes halogenated alkanes) is 5. The molecule has 0 bridgehead atoms. The molecule has 2 aliphatic heterocycles. The molecule has 0 atom stereocenters. The summed E-state index contributed by atoms with van der Waals surface area (Å²) >= 11 is 0. The lowest BCUT2D eigenvalue weighted by molar-refractivity contribution is -0.437. The number of rotatable bonds is 20. The molecule has 51 heavy (non-hydrogen) atoms. The second kappa shape index (κ2) is 18.3. The lowest BCUT2D eigenvalue weighted by atomic mass is 9.81. The van der Waals surface area contributed by atoms with Gasteiger partial charge in [0.25, 0.3) is 0 Å². The lowest BCUT2D eigenvalue weighted by Gasteiger charge is -2.27. The summed E-state index contributed by atoms with van der Waals surface area (Å²) in [6.07, 6.45) is 20.4. The average molecular weight is 716 g/mol. The fourth-order valence-electron chi connectivity index (χ4n) is 7.60. The Kier molecular flexibility index (Phi) is 14.5. The lowest BCUT2D eigenvalue weighted by Crippen LogP contribution is -2.28. The van der Waals surface area contributed by atoms with Crippen LogP contribution in [0.4, 0.5) is 11.4 Å². The number of amides is 1. The molecule has 0 unspecified atom stereocenters. The number of carbonyl (C=O) groups is 1. The largest absolute Gasteiger partial charge is 0.748 e. The molecule has 0 radical (unpaired) electrons. The molecule has 278 valence electrons. The zero-order valence-corrected chi connectivity index (χ0v) is 32.7. The maximum absolute atomic E-state index is 12.4. The predicted octanol–water partition coefficient (Wildman–Crippen LogP) is 9.08. The highest BCUT2D eigenvalue weighted by Crippen LogP contribution is 2.47. The van der Waals surface area contributed by atoms with E-state index in [1.54, 1.807) is 0 Å². The molecule has 2 aromatic carbocycles. The number of nitrogens with one attached hydrogen (secondary N) is 1. The number of nitrogens with zero attached hydrogens (tertiary/aromatic N) is 2. The van der Waals surface area contributed by atoms with Crippen LogP contribution < -0.4 is 10.2 Å². The van der Waals surface area contributed by atoms with E-state index in [0.717, 1.165) is 56.1 Å². The Balaban J connectivity index is 1.37. The summed E-state index contributed by atoms with van der Waals surface area (Å²) < 4.78 is 36.1. The van der Waals surface area contributed by atoms with Crippen LogP contribution in [-0.4, -0.2) is 54.6 Å². The number of anilines is 1. The van der Waals surface area contributed by atoms with Crippen LogP contribution in [0.15, 0.2) is 84.6 Å². The van der Waals surface area contributed by atoms with E-state index >= 15 is 0 Å². The van der Waals surface area contributed by atoms with Gasteiger partial charge in [0.2, 0.25) is 11.6 Å². The summed E-state index contributed by atoms with van der Waals surface area (Å²) in [5.74, 6) is 0.566. The minimum atomic E-state index is -4.27. The van der Waals surface area contributed by atoms with Gasteiger partial charge in [-0.05, 0) is 56.7 Å². The van der Waals surface area contributed by atoms with Gasteiger partial charge in [-0.25, -0.2) is 8.42 Å². The number of hydrogen-bond acceptors (Lipinski definition) is 5. The van der Waals surface area contributed by atoms with Gasteiger partial charge in [0.05, 0.1) is 15.5 Å². The van der Waals surface area contributed by atoms with Crippen LogP contribution in [0.5, 0.6) is 0 Å². The van der Waals surface area contributed by atoms with Crippen molar-refractivity contribution in [3.8, 4) is 0 Å². The second-order valence-electron chi connectivity index (χ2n) is 15.6. The Hall–Kier alpha value is -3.49. The summed E-state index contributed by atoms with van der Waals surface area (Å²) in [4.78, 5) is 14.9. The first-order valence-corrected chi connectivity index (χ1v) is 20.7. The zero-order chi connectivity index (χ0) is 37.1. The Morgan fingerprint density at radius 3 is 2.27 bits per heavy atom. The smallest absolute Gasteiger partial charge is 0.219 e. The van der Waals surface area contributed by atoms with Crippen molar-refractivity contribution in [1.82, 2.24) is 5.32 Å². The van der Waals surface area contributed by atoms with Gasteiger partial charge in [-0.3, -0.25) is 4.79 Å². The van der Waals surface area contributed by atoms with E-state index in [4.69, 9.17) is 0 Å². The van der Waals surface area contributed by atoms with E-state index in [-0.39, 0.29) is 28.9 Å². The van der Waals surface area contributed by atoms with E-state index < -0.39 is 10.1 Å². The third-order valence-electron chi connectivity index (χ3n) is 10.4. The first kappa shape index (κ1) is 40.3. The van der Waals surface area contributed by atoms with Crippen molar-refractivity contribution >= 4 is 33.1 Å². The van der Waals surface area contributed by atoms with Gasteiger partial charge in [0.1, 0.15) is 6.54 Å². The molecule has 0 saturated heterocycles. The third kappa shape index (κ3) is 11.0. The molecular weight excluding hydrogens is 655 g/mol. The fraction of sp³-hybridized carbons (Fsp3) is 0.535. The summed E-state index contributed by atoms with van der Waals surface area (Å²) in [5.41, 5.74) is 6.72.